The van der Waals surface area contributed by atoms with E-state index in [1.807, 2.05) is 38.1 Å². The molecule has 0 aromatic heterocycles. The van der Waals surface area contributed by atoms with E-state index in [2.05, 4.69) is 0 Å². The van der Waals surface area contributed by atoms with Crippen molar-refractivity contribution in [3.05, 3.63) is 35.4 Å². The van der Waals surface area contributed by atoms with Crippen molar-refractivity contribution in [3.8, 4) is 0 Å². The maximum Gasteiger partial charge on any atom is 0.151 e. The molecule has 0 amide bonds. The van der Waals surface area contributed by atoms with Crippen molar-refractivity contribution in [2.75, 3.05) is 26.0 Å². The molecule has 1 aliphatic carbocycles. The summed E-state index contributed by atoms with van der Waals surface area (Å²) in [5, 5.41) is -0.436. The smallest absolute Gasteiger partial charge is 0.151 e. The van der Waals surface area contributed by atoms with Crippen LogP contribution in [0.15, 0.2) is 24.3 Å². The second-order valence-electron chi connectivity index (χ2n) is 5.71. The number of sulfone groups is 1. The van der Waals surface area contributed by atoms with Gasteiger partial charge in [0.25, 0.3) is 0 Å². The van der Waals surface area contributed by atoms with Crippen LogP contribution in [0.5, 0.6) is 0 Å². The minimum atomic E-state index is -3.15. The van der Waals surface area contributed by atoms with Gasteiger partial charge in [0.1, 0.15) is 0 Å². The summed E-state index contributed by atoms with van der Waals surface area (Å²) in [5.41, 5.74) is 7.64. The summed E-state index contributed by atoms with van der Waals surface area (Å²) >= 11 is 0. The minimum Gasteiger partial charge on any atom is -0.381 e. The third-order valence-corrected chi connectivity index (χ3v) is 5.90. The normalized spacial score (nSPS) is 29.4. The van der Waals surface area contributed by atoms with Crippen molar-refractivity contribution in [3.63, 3.8) is 0 Å². The number of aryl methyl sites for hydroxylation is 1. The Morgan fingerprint density at radius 2 is 1.90 bits per heavy atom. The van der Waals surface area contributed by atoms with Crippen LogP contribution >= 0.6 is 0 Å². The molecule has 0 radical (unpaired) electrons. The maximum absolute atomic E-state index is 12.1. The molecule has 3 atom stereocenters. The second kappa shape index (κ2) is 5.47. The molecule has 4 nitrogen and oxygen atoms in total. The molecular weight excluding hydrogens is 274 g/mol. The summed E-state index contributed by atoms with van der Waals surface area (Å²) in [6, 6.07) is 8.02. The molecule has 112 valence electrons. The van der Waals surface area contributed by atoms with E-state index in [9.17, 15) is 8.42 Å². The van der Waals surface area contributed by atoms with Gasteiger partial charge in [0.15, 0.2) is 9.84 Å². The molecule has 0 unspecified atom stereocenters. The summed E-state index contributed by atoms with van der Waals surface area (Å²) in [6.45, 7) is 5.21. The summed E-state index contributed by atoms with van der Waals surface area (Å²) in [4.78, 5) is 0. The third-order valence-electron chi connectivity index (χ3n) is 4.23. The van der Waals surface area contributed by atoms with Crippen LogP contribution < -0.4 is 5.73 Å². The van der Waals surface area contributed by atoms with Crippen molar-refractivity contribution >= 4 is 9.84 Å². The van der Waals surface area contributed by atoms with E-state index in [-0.39, 0.29) is 5.92 Å². The topological polar surface area (TPSA) is 69.4 Å². The van der Waals surface area contributed by atoms with E-state index >= 15 is 0 Å². The first kappa shape index (κ1) is 15.5. The predicted molar refractivity (Wildman–Crippen MR) is 80.5 cm³/mol. The Labute approximate surface area is 121 Å². The van der Waals surface area contributed by atoms with Gasteiger partial charge in [-0.2, -0.15) is 0 Å². The summed E-state index contributed by atoms with van der Waals surface area (Å²) in [6.07, 6.45) is 1.29. The number of benzene rings is 1. The summed E-state index contributed by atoms with van der Waals surface area (Å²) < 4.78 is 29.6. The number of ether oxygens (including phenoxy) is 1. The molecule has 2 N–H and O–H groups in total. The highest BCUT2D eigenvalue weighted by molar-refractivity contribution is 7.91. The van der Waals surface area contributed by atoms with E-state index in [1.54, 1.807) is 0 Å². The Hall–Kier alpha value is -0.910. The number of nitrogens with two attached hydrogens (primary N) is 1. The molecule has 0 saturated heterocycles. The van der Waals surface area contributed by atoms with Gasteiger partial charge in [-0.3, -0.25) is 0 Å². The highest BCUT2D eigenvalue weighted by atomic mass is 32.2. The molecule has 0 bridgehead atoms. The van der Waals surface area contributed by atoms with Gasteiger partial charge in [-0.25, -0.2) is 8.42 Å². The van der Waals surface area contributed by atoms with Crippen LogP contribution in [0.2, 0.25) is 0 Å². The van der Waals surface area contributed by atoms with Gasteiger partial charge in [0.05, 0.1) is 11.9 Å². The van der Waals surface area contributed by atoms with E-state index in [1.165, 1.54) is 6.26 Å². The molecule has 1 fully saturated rings. The monoisotopic (exact) mass is 297 g/mol. The standard InChI is InChI=1S/C15H23NO3S/c1-4-19-10-15(9-16)13(14(15)20(3,17)18)12-7-5-11(2)6-8-12/h5-8,13-14H,4,9-10,16H2,1-3H3/t13-,14-,15-/m0/s1. The van der Waals surface area contributed by atoms with Gasteiger partial charge >= 0.3 is 0 Å². The van der Waals surface area contributed by atoms with E-state index in [0.29, 0.717) is 19.8 Å². The Bertz CT molecular complexity index is 567. The molecule has 20 heavy (non-hydrogen) atoms. The van der Waals surface area contributed by atoms with Crippen LogP contribution in [0.3, 0.4) is 0 Å². The van der Waals surface area contributed by atoms with Gasteiger partial charge in [-0.15, -0.1) is 0 Å². The fraction of sp³-hybridized carbons (Fsp3) is 0.600. The van der Waals surface area contributed by atoms with E-state index in [0.717, 1.165) is 11.1 Å². The lowest BCUT2D eigenvalue weighted by molar-refractivity contribution is 0.101. The molecule has 5 heteroatoms. The van der Waals surface area contributed by atoms with Crippen LogP contribution in [-0.4, -0.2) is 39.7 Å². The average Bonchev–Trinajstić information content (AvgIpc) is 3.07. The van der Waals surface area contributed by atoms with Crippen molar-refractivity contribution in [2.45, 2.75) is 25.0 Å². The molecule has 1 aromatic carbocycles. The number of hydrogen-bond donors (Lipinski definition) is 1. The Kier molecular flexibility index (Phi) is 4.23. The molecule has 1 aromatic rings. The summed E-state index contributed by atoms with van der Waals surface area (Å²) in [5.74, 6) is -0.0605. The van der Waals surface area contributed by atoms with Crippen LogP contribution in [0.1, 0.15) is 24.0 Å². The Balaban J connectivity index is 2.36. The zero-order valence-corrected chi connectivity index (χ0v) is 13.1. The quantitative estimate of drug-likeness (QED) is 0.863. The maximum atomic E-state index is 12.1. The largest absolute Gasteiger partial charge is 0.381 e. The molecule has 0 heterocycles. The number of rotatable bonds is 6. The lowest BCUT2D eigenvalue weighted by atomic mass is 9.99. The molecule has 1 aliphatic rings. The Morgan fingerprint density at radius 3 is 2.35 bits per heavy atom. The zero-order valence-electron chi connectivity index (χ0n) is 12.3. The zero-order chi connectivity index (χ0) is 15.0. The van der Waals surface area contributed by atoms with Gasteiger partial charge in [-0.1, -0.05) is 29.8 Å². The molecular formula is C15H23NO3S. The van der Waals surface area contributed by atoms with Gasteiger partial charge < -0.3 is 10.5 Å². The van der Waals surface area contributed by atoms with E-state index < -0.39 is 20.5 Å². The van der Waals surface area contributed by atoms with Crippen molar-refractivity contribution in [1.82, 2.24) is 0 Å². The third kappa shape index (κ3) is 2.62. The number of hydrogen-bond acceptors (Lipinski definition) is 4. The van der Waals surface area contributed by atoms with Crippen molar-refractivity contribution in [2.24, 2.45) is 11.1 Å². The highest BCUT2D eigenvalue weighted by Gasteiger charge is 2.69. The van der Waals surface area contributed by atoms with Gasteiger partial charge in [-0.05, 0) is 19.4 Å². The fourth-order valence-corrected chi connectivity index (χ4v) is 5.18. The lowest BCUT2D eigenvalue weighted by Gasteiger charge is -2.15. The van der Waals surface area contributed by atoms with Crippen LogP contribution in [-0.2, 0) is 14.6 Å². The average molecular weight is 297 g/mol. The van der Waals surface area contributed by atoms with Crippen molar-refractivity contribution in [1.29, 1.82) is 0 Å². The predicted octanol–water partition coefficient (Wildman–Crippen LogP) is 1.49. The SMILES string of the molecule is CCOC[C@@]1(CN)[C@@H](c2ccc(C)cc2)[C@@H]1S(C)(=O)=O. The Morgan fingerprint density at radius 1 is 1.30 bits per heavy atom. The minimum absolute atomic E-state index is 0.0605. The fourth-order valence-electron chi connectivity index (χ4n) is 3.17. The van der Waals surface area contributed by atoms with E-state index in [4.69, 9.17) is 10.5 Å². The molecule has 2 rings (SSSR count). The van der Waals surface area contributed by atoms with Crippen molar-refractivity contribution < 1.29 is 13.2 Å². The van der Waals surface area contributed by atoms with Crippen LogP contribution in [0, 0.1) is 12.3 Å². The van der Waals surface area contributed by atoms with Gasteiger partial charge in [0, 0.05) is 30.7 Å². The second-order valence-corrected chi connectivity index (χ2v) is 7.88. The first-order chi connectivity index (χ1) is 9.36. The molecule has 0 aliphatic heterocycles. The first-order valence-electron chi connectivity index (χ1n) is 6.90. The van der Waals surface area contributed by atoms with Gasteiger partial charge in [0.2, 0.25) is 0 Å². The lowest BCUT2D eigenvalue weighted by Crippen LogP contribution is -2.28. The van der Waals surface area contributed by atoms with Crippen LogP contribution in [0.25, 0.3) is 0 Å². The van der Waals surface area contributed by atoms with Crippen LogP contribution in [0.4, 0.5) is 0 Å². The molecule has 1 saturated carbocycles. The molecule has 0 spiro atoms. The summed E-state index contributed by atoms with van der Waals surface area (Å²) in [7, 11) is -3.15. The first-order valence-corrected chi connectivity index (χ1v) is 8.85. The highest BCUT2D eigenvalue weighted by Crippen LogP contribution is 2.62.